The molecule has 0 radical (unpaired) electrons. The average Bonchev–Trinajstić information content (AvgIpc) is 2.10. The van der Waals surface area contributed by atoms with Gasteiger partial charge in [-0.25, -0.2) is 0 Å². The van der Waals surface area contributed by atoms with E-state index in [4.69, 9.17) is 10.2 Å². The molecule has 0 amide bonds. The van der Waals surface area contributed by atoms with Crippen LogP contribution in [0.3, 0.4) is 0 Å². The molecule has 0 rings (SSSR count). The number of aliphatic hydroxyl groups is 2. The third-order valence-corrected chi connectivity index (χ3v) is 1.15. The minimum Gasteiger partial charge on any atom is -0.377 e. The third kappa shape index (κ3) is 4.79. The maximum Gasteiger partial charge on any atom is 0.151 e. The minimum absolute atomic E-state index is 0.672. The van der Waals surface area contributed by atoms with E-state index >= 15 is 0 Å². The minimum atomic E-state index is -1.04. The lowest BCUT2D eigenvalue weighted by Crippen LogP contribution is -2.22. The average molecular weight is 166 g/mol. The molecule has 0 aromatic heterocycles. The van der Waals surface area contributed by atoms with Crippen LogP contribution in [0.2, 0.25) is 0 Å². The molecular formula is C10H14O2. The normalized spacial score (nSPS) is 13.3. The van der Waals surface area contributed by atoms with Gasteiger partial charge in [-0.1, -0.05) is 25.7 Å². The maximum absolute atomic E-state index is 9.15. The molecule has 0 spiro atoms. The Labute approximate surface area is 73.6 Å². The molecule has 0 aliphatic carbocycles. The molecule has 2 nitrogen and oxygen atoms in total. The van der Waals surface area contributed by atoms with Crippen molar-refractivity contribution in [1.82, 2.24) is 0 Å². The molecule has 2 heteroatoms. The third-order valence-electron chi connectivity index (χ3n) is 1.15. The van der Waals surface area contributed by atoms with Crippen molar-refractivity contribution < 1.29 is 10.2 Å². The van der Waals surface area contributed by atoms with Crippen molar-refractivity contribution >= 4 is 0 Å². The van der Waals surface area contributed by atoms with Crippen molar-refractivity contribution in [3.05, 3.63) is 0 Å². The van der Waals surface area contributed by atoms with Crippen LogP contribution in [-0.4, -0.2) is 22.4 Å². The quantitative estimate of drug-likeness (QED) is 0.558. The first-order valence-electron chi connectivity index (χ1n) is 4.05. The summed E-state index contributed by atoms with van der Waals surface area (Å²) in [7, 11) is 0. The Morgan fingerprint density at radius 1 is 0.917 bits per heavy atom. The van der Waals surface area contributed by atoms with E-state index in [0.29, 0.717) is 12.8 Å². The molecule has 0 aliphatic heterocycles. The highest BCUT2D eigenvalue weighted by Crippen LogP contribution is 1.90. The highest BCUT2D eigenvalue weighted by atomic mass is 16.3. The van der Waals surface area contributed by atoms with Gasteiger partial charge < -0.3 is 10.2 Å². The van der Waals surface area contributed by atoms with Crippen LogP contribution < -0.4 is 0 Å². The van der Waals surface area contributed by atoms with Gasteiger partial charge in [-0.15, -0.1) is 11.8 Å². The Kier molecular flexibility index (Phi) is 6.19. The molecule has 66 valence electrons. The van der Waals surface area contributed by atoms with Crippen molar-refractivity contribution in [1.29, 1.82) is 0 Å². The van der Waals surface area contributed by atoms with Gasteiger partial charge in [0.1, 0.15) is 0 Å². The Bertz CT molecular complexity index is 198. The van der Waals surface area contributed by atoms with Crippen LogP contribution in [0.1, 0.15) is 26.7 Å². The molecule has 0 aromatic carbocycles. The van der Waals surface area contributed by atoms with E-state index in [1.807, 2.05) is 13.8 Å². The molecule has 0 saturated carbocycles. The summed E-state index contributed by atoms with van der Waals surface area (Å²) in [6.45, 7) is 3.76. The Balaban J connectivity index is 4.00. The highest BCUT2D eigenvalue weighted by Gasteiger charge is 2.08. The monoisotopic (exact) mass is 166 g/mol. The van der Waals surface area contributed by atoms with Gasteiger partial charge in [0.15, 0.2) is 12.2 Å². The maximum atomic E-state index is 9.15. The van der Waals surface area contributed by atoms with E-state index in [0.717, 1.165) is 0 Å². The molecule has 2 N–H and O–H groups in total. The van der Waals surface area contributed by atoms with Crippen LogP contribution in [0.5, 0.6) is 0 Å². The summed E-state index contributed by atoms with van der Waals surface area (Å²) in [6.07, 6.45) is -0.733. The predicted octanol–water partition coefficient (Wildman–Crippen LogP) is 0.535. The van der Waals surface area contributed by atoms with Crippen molar-refractivity contribution in [2.24, 2.45) is 0 Å². The number of hydrogen-bond donors (Lipinski definition) is 2. The van der Waals surface area contributed by atoms with Crippen molar-refractivity contribution in [3.63, 3.8) is 0 Å². The first-order valence-corrected chi connectivity index (χ1v) is 4.05. The van der Waals surface area contributed by atoms with Gasteiger partial charge in [0.05, 0.1) is 0 Å². The van der Waals surface area contributed by atoms with Crippen LogP contribution >= 0.6 is 0 Å². The molecule has 12 heavy (non-hydrogen) atoms. The summed E-state index contributed by atoms with van der Waals surface area (Å²) in [5, 5.41) is 18.3. The van der Waals surface area contributed by atoms with E-state index in [1.165, 1.54) is 0 Å². The Morgan fingerprint density at radius 3 is 1.50 bits per heavy atom. The van der Waals surface area contributed by atoms with Crippen LogP contribution in [0.4, 0.5) is 0 Å². The molecule has 0 aromatic rings. The SMILES string of the molecule is CCC#C[C@@H](O)[C@@H](O)C#CCC. The molecule has 0 fully saturated rings. The molecule has 2 atom stereocenters. The first-order chi connectivity index (χ1) is 5.72. The van der Waals surface area contributed by atoms with E-state index in [9.17, 15) is 0 Å². The number of hydrogen-bond acceptors (Lipinski definition) is 2. The van der Waals surface area contributed by atoms with Gasteiger partial charge in [0.2, 0.25) is 0 Å². The van der Waals surface area contributed by atoms with Crippen molar-refractivity contribution in [2.45, 2.75) is 38.9 Å². The standard InChI is InChI=1S/C10H14O2/c1-3-5-7-9(11)10(12)8-6-4-2/h9-12H,3-4H2,1-2H3/t9-,10+. The molecule has 0 unspecified atom stereocenters. The van der Waals surface area contributed by atoms with E-state index in [-0.39, 0.29) is 0 Å². The molecule has 0 saturated heterocycles. The zero-order valence-corrected chi connectivity index (χ0v) is 7.46. The second-order valence-electron chi connectivity index (χ2n) is 2.24. The number of aliphatic hydroxyl groups excluding tert-OH is 2. The fourth-order valence-corrected chi connectivity index (χ4v) is 0.571. The predicted molar refractivity (Wildman–Crippen MR) is 48.1 cm³/mol. The lowest BCUT2D eigenvalue weighted by atomic mass is 10.2. The second-order valence-corrected chi connectivity index (χ2v) is 2.24. The molecule has 0 aliphatic rings. The summed E-state index contributed by atoms with van der Waals surface area (Å²) in [5.41, 5.74) is 0. The lowest BCUT2D eigenvalue weighted by molar-refractivity contribution is 0.0931. The van der Waals surface area contributed by atoms with Gasteiger partial charge in [-0.2, -0.15) is 0 Å². The topological polar surface area (TPSA) is 40.5 Å². The summed E-state index contributed by atoms with van der Waals surface area (Å²) in [4.78, 5) is 0. The Morgan fingerprint density at radius 2 is 1.25 bits per heavy atom. The summed E-state index contributed by atoms with van der Waals surface area (Å²) in [6, 6.07) is 0. The molecule has 0 bridgehead atoms. The second kappa shape index (κ2) is 6.73. The summed E-state index contributed by atoms with van der Waals surface area (Å²) in [5.74, 6) is 10.3. The fourth-order valence-electron chi connectivity index (χ4n) is 0.571. The largest absolute Gasteiger partial charge is 0.377 e. The van der Waals surface area contributed by atoms with Crippen LogP contribution in [0, 0.1) is 23.7 Å². The van der Waals surface area contributed by atoms with Crippen molar-refractivity contribution in [3.8, 4) is 23.7 Å². The highest BCUT2D eigenvalue weighted by molar-refractivity contribution is 5.15. The van der Waals surface area contributed by atoms with E-state index < -0.39 is 12.2 Å². The van der Waals surface area contributed by atoms with Crippen molar-refractivity contribution in [2.75, 3.05) is 0 Å². The van der Waals surface area contributed by atoms with Crippen LogP contribution in [0.15, 0.2) is 0 Å². The molecule has 0 heterocycles. The van der Waals surface area contributed by atoms with Gasteiger partial charge in [0.25, 0.3) is 0 Å². The summed E-state index contributed by atoms with van der Waals surface area (Å²) >= 11 is 0. The Hall–Kier alpha value is -0.960. The van der Waals surface area contributed by atoms with Gasteiger partial charge in [-0.3, -0.25) is 0 Å². The zero-order valence-electron chi connectivity index (χ0n) is 7.46. The van der Waals surface area contributed by atoms with Gasteiger partial charge >= 0.3 is 0 Å². The van der Waals surface area contributed by atoms with E-state index in [2.05, 4.69) is 23.7 Å². The number of rotatable bonds is 1. The van der Waals surface area contributed by atoms with Gasteiger partial charge in [-0.05, 0) is 0 Å². The lowest BCUT2D eigenvalue weighted by Gasteiger charge is -2.04. The first kappa shape index (κ1) is 11.0. The van der Waals surface area contributed by atoms with E-state index in [1.54, 1.807) is 0 Å². The van der Waals surface area contributed by atoms with Crippen LogP contribution in [0.25, 0.3) is 0 Å². The molecular weight excluding hydrogens is 152 g/mol. The van der Waals surface area contributed by atoms with Gasteiger partial charge in [0, 0.05) is 12.8 Å². The smallest absolute Gasteiger partial charge is 0.151 e. The van der Waals surface area contributed by atoms with Crippen LogP contribution in [-0.2, 0) is 0 Å². The fraction of sp³-hybridized carbons (Fsp3) is 0.600. The zero-order chi connectivity index (χ0) is 9.40. The summed E-state index contributed by atoms with van der Waals surface area (Å²) < 4.78 is 0.